The maximum absolute atomic E-state index is 6.10. The van der Waals surface area contributed by atoms with Crippen molar-refractivity contribution in [3.05, 3.63) is 46.1 Å². The van der Waals surface area contributed by atoms with E-state index in [9.17, 15) is 0 Å². The third kappa shape index (κ3) is 6.07. The van der Waals surface area contributed by atoms with Crippen molar-refractivity contribution >= 4 is 53.1 Å². The molecule has 2 aromatic heterocycles. The molecule has 0 fully saturated rings. The molecule has 2 N–H and O–H groups in total. The standard InChI is InChI=1S/C17H25Cl2N5O.HI/c1-5-20-17(21-10-12-9-13(18)16(19)24(12)4)22-11-14(23(2)3)15-7-6-8-25-15;/h6-9,14H,5,10-11H2,1-4H3,(H2,20,21,22);1H. The van der Waals surface area contributed by atoms with E-state index in [2.05, 4.69) is 20.5 Å². The molecule has 146 valence electrons. The largest absolute Gasteiger partial charge is 0.468 e. The second-order valence-corrected chi connectivity index (χ2v) is 6.67. The molecule has 0 spiro atoms. The maximum atomic E-state index is 6.10. The number of nitrogens with one attached hydrogen (secondary N) is 2. The third-order valence-corrected chi connectivity index (χ3v) is 4.76. The molecular weight excluding hydrogens is 488 g/mol. The van der Waals surface area contributed by atoms with Gasteiger partial charge in [0.05, 0.1) is 23.9 Å². The highest BCUT2D eigenvalue weighted by atomic mass is 127. The van der Waals surface area contributed by atoms with Gasteiger partial charge in [-0.05, 0) is 39.2 Å². The van der Waals surface area contributed by atoms with Crippen LogP contribution < -0.4 is 10.6 Å². The van der Waals surface area contributed by atoms with Crippen molar-refractivity contribution in [2.24, 2.45) is 12.0 Å². The summed E-state index contributed by atoms with van der Waals surface area (Å²) in [6.45, 7) is 3.95. The summed E-state index contributed by atoms with van der Waals surface area (Å²) in [5.74, 6) is 1.64. The minimum absolute atomic E-state index is 0. The second-order valence-electron chi connectivity index (χ2n) is 5.90. The molecule has 1 atom stereocenters. The Morgan fingerprint density at radius 3 is 2.58 bits per heavy atom. The van der Waals surface area contributed by atoms with Crippen LogP contribution in [0.5, 0.6) is 0 Å². The summed E-state index contributed by atoms with van der Waals surface area (Å²) < 4.78 is 7.37. The number of halogens is 3. The van der Waals surface area contributed by atoms with Gasteiger partial charge in [-0.25, -0.2) is 4.99 Å². The Bertz CT molecular complexity index is 700. The Kier molecular flexibility index (Phi) is 9.84. The number of aromatic nitrogens is 1. The van der Waals surface area contributed by atoms with Crippen LogP contribution in [0.1, 0.15) is 24.4 Å². The zero-order valence-electron chi connectivity index (χ0n) is 15.4. The Morgan fingerprint density at radius 2 is 2.08 bits per heavy atom. The molecule has 0 aliphatic heterocycles. The van der Waals surface area contributed by atoms with Crippen molar-refractivity contribution in [1.29, 1.82) is 0 Å². The molecule has 0 amide bonds. The minimum atomic E-state index is 0. The molecule has 0 saturated carbocycles. The monoisotopic (exact) mass is 513 g/mol. The lowest BCUT2D eigenvalue weighted by Gasteiger charge is -2.23. The van der Waals surface area contributed by atoms with Crippen LogP contribution >= 0.6 is 47.2 Å². The van der Waals surface area contributed by atoms with Gasteiger partial charge in [0, 0.05) is 25.8 Å². The van der Waals surface area contributed by atoms with Crippen molar-refractivity contribution in [2.45, 2.75) is 19.5 Å². The first-order valence-corrected chi connectivity index (χ1v) is 8.91. The quantitative estimate of drug-likeness (QED) is 0.335. The number of guanidine groups is 1. The smallest absolute Gasteiger partial charge is 0.191 e. The maximum Gasteiger partial charge on any atom is 0.191 e. The number of nitrogens with zero attached hydrogens (tertiary/aromatic N) is 3. The van der Waals surface area contributed by atoms with Crippen molar-refractivity contribution < 1.29 is 4.42 Å². The van der Waals surface area contributed by atoms with Gasteiger partial charge < -0.3 is 19.6 Å². The van der Waals surface area contributed by atoms with Crippen LogP contribution in [0.3, 0.4) is 0 Å². The van der Waals surface area contributed by atoms with E-state index in [1.165, 1.54) is 0 Å². The number of furan rings is 1. The minimum Gasteiger partial charge on any atom is -0.468 e. The number of rotatable bonds is 7. The van der Waals surface area contributed by atoms with Crippen LogP contribution in [-0.2, 0) is 13.6 Å². The summed E-state index contributed by atoms with van der Waals surface area (Å²) in [4.78, 5) is 6.72. The van der Waals surface area contributed by atoms with Gasteiger partial charge in [-0.1, -0.05) is 23.2 Å². The van der Waals surface area contributed by atoms with Gasteiger partial charge in [0.25, 0.3) is 0 Å². The van der Waals surface area contributed by atoms with Crippen LogP contribution in [0.4, 0.5) is 0 Å². The van der Waals surface area contributed by atoms with Gasteiger partial charge in [-0.2, -0.15) is 0 Å². The SMILES string of the molecule is CCNC(=NCc1cc(Cl)c(Cl)n1C)NCC(c1ccco1)N(C)C.I. The average Bonchev–Trinajstić information content (AvgIpc) is 3.17. The summed E-state index contributed by atoms with van der Waals surface area (Å²) in [6.07, 6.45) is 1.69. The summed E-state index contributed by atoms with van der Waals surface area (Å²) in [5.41, 5.74) is 0.947. The zero-order chi connectivity index (χ0) is 18.4. The first-order chi connectivity index (χ1) is 11.9. The van der Waals surface area contributed by atoms with Gasteiger partial charge in [0.1, 0.15) is 10.9 Å². The van der Waals surface area contributed by atoms with Crippen molar-refractivity contribution in [3.63, 3.8) is 0 Å². The second kappa shape index (κ2) is 11.1. The first kappa shape index (κ1) is 23.1. The van der Waals surface area contributed by atoms with E-state index in [0.29, 0.717) is 23.3 Å². The molecule has 9 heteroatoms. The van der Waals surface area contributed by atoms with Crippen LogP contribution in [-0.4, -0.2) is 42.6 Å². The lowest BCUT2D eigenvalue weighted by Crippen LogP contribution is -2.41. The van der Waals surface area contributed by atoms with Crippen molar-refractivity contribution in [1.82, 2.24) is 20.1 Å². The topological polar surface area (TPSA) is 57.7 Å². The van der Waals surface area contributed by atoms with E-state index in [0.717, 1.165) is 24.0 Å². The predicted octanol–water partition coefficient (Wildman–Crippen LogP) is 3.90. The van der Waals surface area contributed by atoms with Gasteiger partial charge >= 0.3 is 0 Å². The summed E-state index contributed by atoms with van der Waals surface area (Å²) in [6, 6.07) is 5.82. The fraction of sp³-hybridized carbons (Fsp3) is 0.471. The summed E-state index contributed by atoms with van der Waals surface area (Å²) in [5, 5.41) is 7.67. The van der Waals surface area contributed by atoms with Crippen LogP contribution in [0.2, 0.25) is 10.2 Å². The van der Waals surface area contributed by atoms with Gasteiger partial charge in [0.2, 0.25) is 0 Å². The van der Waals surface area contributed by atoms with Crippen molar-refractivity contribution in [3.8, 4) is 0 Å². The molecular formula is C17H26Cl2IN5O. The van der Waals surface area contributed by atoms with Gasteiger partial charge in [0.15, 0.2) is 5.96 Å². The van der Waals surface area contributed by atoms with E-state index in [1.54, 1.807) is 6.26 Å². The van der Waals surface area contributed by atoms with E-state index >= 15 is 0 Å². The van der Waals surface area contributed by atoms with E-state index in [-0.39, 0.29) is 30.0 Å². The van der Waals surface area contributed by atoms with Crippen LogP contribution in [0.15, 0.2) is 33.9 Å². The molecule has 0 aromatic carbocycles. The average molecular weight is 514 g/mol. The number of likely N-dealkylation sites (N-methyl/N-ethyl adjacent to an activating group) is 1. The predicted molar refractivity (Wildman–Crippen MR) is 119 cm³/mol. The van der Waals surface area contributed by atoms with E-state index in [4.69, 9.17) is 27.6 Å². The molecule has 2 heterocycles. The Labute approximate surface area is 181 Å². The summed E-state index contributed by atoms with van der Waals surface area (Å²) >= 11 is 12.2. The Morgan fingerprint density at radius 1 is 1.35 bits per heavy atom. The van der Waals surface area contributed by atoms with Crippen molar-refractivity contribution in [2.75, 3.05) is 27.2 Å². The number of hydrogen-bond donors (Lipinski definition) is 2. The first-order valence-electron chi connectivity index (χ1n) is 8.15. The Balaban J connectivity index is 0.00000338. The fourth-order valence-corrected chi connectivity index (χ4v) is 2.87. The number of hydrogen-bond acceptors (Lipinski definition) is 3. The van der Waals surface area contributed by atoms with Crippen LogP contribution in [0.25, 0.3) is 0 Å². The molecule has 0 radical (unpaired) electrons. The van der Waals surface area contributed by atoms with Crippen LogP contribution in [0, 0.1) is 0 Å². The lowest BCUT2D eigenvalue weighted by atomic mass is 10.2. The molecule has 2 aromatic rings. The Hall–Kier alpha value is -0.900. The highest BCUT2D eigenvalue weighted by Crippen LogP contribution is 2.25. The fourth-order valence-electron chi connectivity index (χ4n) is 2.45. The lowest BCUT2D eigenvalue weighted by molar-refractivity contribution is 0.258. The molecule has 2 rings (SSSR count). The van der Waals surface area contributed by atoms with E-state index in [1.807, 2.05) is 50.8 Å². The zero-order valence-corrected chi connectivity index (χ0v) is 19.3. The molecule has 1 unspecified atom stereocenters. The van der Waals surface area contributed by atoms with Gasteiger partial charge in [-0.15, -0.1) is 24.0 Å². The molecule has 0 aliphatic carbocycles. The third-order valence-electron chi connectivity index (χ3n) is 3.92. The highest BCUT2D eigenvalue weighted by molar-refractivity contribution is 14.0. The molecule has 26 heavy (non-hydrogen) atoms. The molecule has 0 aliphatic rings. The molecule has 0 bridgehead atoms. The molecule has 6 nitrogen and oxygen atoms in total. The summed E-state index contributed by atoms with van der Waals surface area (Å²) in [7, 11) is 5.91. The highest BCUT2D eigenvalue weighted by Gasteiger charge is 2.17. The molecule has 0 saturated heterocycles. The van der Waals surface area contributed by atoms with Gasteiger partial charge in [-0.3, -0.25) is 4.90 Å². The number of aliphatic imine (C=N–C) groups is 1. The normalized spacial score (nSPS) is 12.8. The van der Waals surface area contributed by atoms with E-state index < -0.39 is 0 Å².